The number of halogens is 3. The molecule has 0 saturated carbocycles. The van der Waals surface area contributed by atoms with E-state index in [9.17, 15) is 26.4 Å². The van der Waals surface area contributed by atoms with Crippen LogP contribution in [0.15, 0.2) is 47.0 Å². The Morgan fingerprint density at radius 1 is 1.12 bits per heavy atom. The van der Waals surface area contributed by atoms with Gasteiger partial charge in [0.05, 0.1) is 35.0 Å². The Bertz CT molecular complexity index is 1240. The molecule has 4 rings (SSSR count). The number of carbonyl (C=O) groups excluding carboxylic acids is 1. The molecule has 174 valence electrons. The molecule has 0 unspecified atom stereocenters. The van der Waals surface area contributed by atoms with Gasteiger partial charge in [0, 0.05) is 19.3 Å². The molecule has 2 aromatic heterocycles. The lowest BCUT2D eigenvalue weighted by molar-refractivity contribution is 0.116. The van der Waals surface area contributed by atoms with E-state index in [0.29, 0.717) is 11.3 Å². The van der Waals surface area contributed by atoms with E-state index in [0.717, 1.165) is 0 Å². The van der Waals surface area contributed by atoms with Crippen molar-refractivity contribution < 1.29 is 30.8 Å². The summed E-state index contributed by atoms with van der Waals surface area (Å²) in [5, 5.41) is 6.81. The van der Waals surface area contributed by atoms with Crippen LogP contribution in [0.3, 0.4) is 0 Å². The zero-order valence-electron chi connectivity index (χ0n) is 17.1. The number of rotatable bonds is 5. The first-order valence-electron chi connectivity index (χ1n) is 9.82. The van der Waals surface area contributed by atoms with Crippen LogP contribution in [-0.4, -0.2) is 59.1 Å². The van der Waals surface area contributed by atoms with Gasteiger partial charge in [-0.15, -0.1) is 10.2 Å². The summed E-state index contributed by atoms with van der Waals surface area (Å²) in [6.45, 7) is -0.111. The van der Waals surface area contributed by atoms with E-state index in [1.165, 1.54) is 46.3 Å². The number of anilines is 1. The second-order valence-corrected chi connectivity index (χ2v) is 9.55. The maximum Gasteiger partial charge on any atom is 0.325 e. The van der Waals surface area contributed by atoms with Crippen molar-refractivity contribution in [3.63, 3.8) is 0 Å². The largest absolute Gasteiger partial charge is 0.415 e. The number of benzene rings is 1. The van der Waals surface area contributed by atoms with Crippen LogP contribution < -0.4 is 4.90 Å². The molecule has 9 nitrogen and oxygen atoms in total. The van der Waals surface area contributed by atoms with Gasteiger partial charge in [0.1, 0.15) is 5.82 Å². The molecular formula is C20H18F3N5O4S. The Morgan fingerprint density at radius 3 is 2.45 bits per heavy atom. The SMILES string of the molecule is O=C(N1CCS(=O)(=O)CC1)N(Cc1ccc(-c2nnc(C(F)F)o2)cn1)c1ccccc1F. The molecule has 1 aliphatic rings. The van der Waals surface area contributed by atoms with Gasteiger partial charge in [-0.25, -0.2) is 17.6 Å². The Balaban J connectivity index is 1.57. The monoisotopic (exact) mass is 481 g/mol. The molecule has 1 aliphatic heterocycles. The van der Waals surface area contributed by atoms with Gasteiger partial charge in [0.15, 0.2) is 9.84 Å². The van der Waals surface area contributed by atoms with Gasteiger partial charge in [0.25, 0.3) is 5.89 Å². The molecule has 0 aliphatic carbocycles. The first-order chi connectivity index (χ1) is 15.7. The van der Waals surface area contributed by atoms with Crippen LogP contribution in [0.5, 0.6) is 0 Å². The maximum absolute atomic E-state index is 14.5. The van der Waals surface area contributed by atoms with Crippen molar-refractivity contribution in [2.75, 3.05) is 29.5 Å². The molecule has 33 heavy (non-hydrogen) atoms. The average Bonchev–Trinajstić information content (AvgIpc) is 3.29. The quantitative estimate of drug-likeness (QED) is 0.551. The number of sulfone groups is 1. The van der Waals surface area contributed by atoms with Gasteiger partial charge >= 0.3 is 12.5 Å². The predicted octanol–water partition coefficient (Wildman–Crippen LogP) is 3.07. The zero-order chi connectivity index (χ0) is 23.6. The van der Waals surface area contributed by atoms with E-state index in [1.807, 2.05) is 0 Å². The Kier molecular flexibility index (Phi) is 6.31. The molecule has 0 spiro atoms. The topological polar surface area (TPSA) is 110 Å². The van der Waals surface area contributed by atoms with E-state index >= 15 is 0 Å². The Morgan fingerprint density at radius 2 is 1.85 bits per heavy atom. The first-order valence-corrected chi connectivity index (χ1v) is 11.6. The fraction of sp³-hybridized carbons (Fsp3) is 0.300. The fourth-order valence-corrected chi connectivity index (χ4v) is 4.45. The molecule has 1 saturated heterocycles. The summed E-state index contributed by atoms with van der Waals surface area (Å²) in [6, 6.07) is 8.17. The van der Waals surface area contributed by atoms with Crippen LogP contribution in [0, 0.1) is 5.82 Å². The molecule has 0 N–H and O–H groups in total. The predicted molar refractivity (Wildman–Crippen MR) is 111 cm³/mol. The minimum absolute atomic E-state index is 0.00210. The number of hydrogen-bond donors (Lipinski definition) is 0. The molecule has 2 amide bonds. The lowest BCUT2D eigenvalue weighted by Crippen LogP contribution is -2.50. The van der Waals surface area contributed by atoms with Gasteiger partial charge < -0.3 is 9.32 Å². The highest BCUT2D eigenvalue weighted by Gasteiger charge is 2.30. The lowest BCUT2D eigenvalue weighted by atomic mass is 10.2. The Labute approximate surface area is 186 Å². The van der Waals surface area contributed by atoms with Gasteiger partial charge in [-0.05, 0) is 24.3 Å². The minimum atomic E-state index is -3.21. The minimum Gasteiger partial charge on any atom is -0.415 e. The van der Waals surface area contributed by atoms with Gasteiger partial charge in [-0.2, -0.15) is 8.78 Å². The van der Waals surface area contributed by atoms with Crippen LogP contribution >= 0.6 is 0 Å². The van der Waals surface area contributed by atoms with Crippen LogP contribution in [0.1, 0.15) is 18.0 Å². The van der Waals surface area contributed by atoms with Crippen molar-refractivity contribution >= 4 is 21.6 Å². The summed E-state index contributed by atoms with van der Waals surface area (Å²) in [6.07, 6.45) is -1.58. The number of pyridine rings is 1. The van der Waals surface area contributed by atoms with Crippen molar-refractivity contribution in [3.05, 3.63) is 60.0 Å². The van der Waals surface area contributed by atoms with Crippen LogP contribution in [0.2, 0.25) is 0 Å². The highest BCUT2D eigenvalue weighted by atomic mass is 32.2. The van der Waals surface area contributed by atoms with Crippen LogP contribution in [0.4, 0.5) is 23.7 Å². The van der Waals surface area contributed by atoms with E-state index in [4.69, 9.17) is 4.42 Å². The lowest BCUT2D eigenvalue weighted by Gasteiger charge is -2.33. The van der Waals surface area contributed by atoms with Crippen molar-refractivity contribution in [1.29, 1.82) is 0 Å². The molecule has 0 atom stereocenters. The van der Waals surface area contributed by atoms with E-state index in [-0.39, 0.29) is 42.7 Å². The van der Waals surface area contributed by atoms with E-state index in [1.54, 1.807) is 6.07 Å². The normalized spacial score (nSPS) is 15.6. The second-order valence-electron chi connectivity index (χ2n) is 7.24. The summed E-state index contributed by atoms with van der Waals surface area (Å²) in [5.74, 6) is -1.91. The number of aromatic nitrogens is 3. The zero-order valence-corrected chi connectivity index (χ0v) is 17.9. The second kappa shape index (κ2) is 9.17. The maximum atomic E-state index is 14.5. The Hall–Kier alpha value is -3.48. The molecular weight excluding hydrogens is 463 g/mol. The molecule has 3 heterocycles. The fourth-order valence-electron chi connectivity index (χ4n) is 3.25. The number of para-hydroxylation sites is 1. The van der Waals surface area contributed by atoms with Crippen molar-refractivity contribution in [3.8, 4) is 11.5 Å². The summed E-state index contributed by atoms with van der Waals surface area (Å²) >= 11 is 0. The van der Waals surface area contributed by atoms with Gasteiger partial charge in [-0.1, -0.05) is 12.1 Å². The smallest absolute Gasteiger partial charge is 0.325 e. The molecule has 13 heteroatoms. The highest BCUT2D eigenvalue weighted by Crippen LogP contribution is 2.25. The first kappa shape index (κ1) is 22.7. The van der Waals surface area contributed by atoms with Crippen molar-refractivity contribution in [2.45, 2.75) is 13.0 Å². The highest BCUT2D eigenvalue weighted by molar-refractivity contribution is 7.91. The number of alkyl halides is 2. The summed E-state index contributed by atoms with van der Waals surface area (Å²) in [4.78, 5) is 19.9. The third-order valence-corrected chi connectivity index (χ3v) is 6.62. The van der Waals surface area contributed by atoms with Crippen molar-refractivity contribution in [1.82, 2.24) is 20.1 Å². The number of amides is 2. The number of nitrogens with zero attached hydrogens (tertiary/aromatic N) is 5. The van der Waals surface area contributed by atoms with Gasteiger partial charge in [-0.3, -0.25) is 9.88 Å². The third kappa shape index (κ3) is 5.13. The summed E-state index contributed by atoms with van der Waals surface area (Å²) in [5.41, 5.74) is 0.678. The van der Waals surface area contributed by atoms with E-state index in [2.05, 4.69) is 15.2 Å². The summed E-state index contributed by atoms with van der Waals surface area (Å²) < 4.78 is 68.1. The number of carbonyl (C=O) groups is 1. The third-order valence-electron chi connectivity index (χ3n) is 5.01. The molecule has 0 bridgehead atoms. The molecule has 1 aromatic carbocycles. The van der Waals surface area contributed by atoms with Crippen LogP contribution in [0.25, 0.3) is 11.5 Å². The van der Waals surface area contributed by atoms with E-state index < -0.39 is 34.0 Å². The summed E-state index contributed by atoms with van der Waals surface area (Å²) in [7, 11) is -3.21. The van der Waals surface area contributed by atoms with Crippen LogP contribution in [-0.2, 0) is 16.4 Å². The van der Waals surface area contributed by atoms with Gasteiger partial charge in [0.2, 0.25) is 5.89 Å². The average molecular weight is 481 g/mol. The molecule has 1 fully saturated rings. The number of hydrogen-bond acceptors (Lipinski definition) is 7. The molecule has 0 radical (unpaired) electrons. The van der Waals surface area contributed by atoms with Crippen molar-refractivity contribution in [2.24, 2.45) is 0 Å². The standard InChI is InChI=1S/C20H18F3N5O4S/c21-15-3-1-2-4-16(15)28(20(29)27-7-9-33(30,31)10-8-27)12-14-6-5-13(11-24-14)18-25-26-19(32-18)17(22)23/h1-6,11,17H,7-10,12H2. The molecule has 3 aromatic rings. The number of urea groups is 1.